The fourth-order valence-electron chi connectivity index (χ4n) is 1.61. The van der Waals surface area contributed by atoms with Gasteiger partial charge >= 0.3 is 0 Å². The number of likely N-dealkylation sites (N-methyl/N-ethyl adjacent to an activating group) is 1. The Bertz CT molecular complexity index is 507. The van der Waals surface area contributed by atoms with E-state index in [-0.39, 0.29) is 0 Å². The van der Waals surface area contributed by atoms with Crippen molar-refractivity contribution in [2.24, 2.45) is 0 Å². The zero-order valence-corrected chi connectivity index (χ0v) is 15.4. The summed E-state index contributed by atoms with van der Waals surface area (Å²) < 4.78 is 3.55. The molecule has 1 N–H and O–H groups in total. The second kappa shape index (κ2) is 6.30. The molecule has 0 aliphatic rings. The maximum absolute atomic E-state index is 3.62. The van der Waals surface area contributed by atoms with Gasteiger partial charge in [0.25, 0.3) is 0 Å². The number of halogens is 3. The van der Waals surface area contributed by atoms with Gasteiger partial charge in [0.15, 0.2) is 0 Å². The van der Waals surface area contributed by atoms with Gasteiger partial charge in [-0.2, -0.15) is 0 Å². The average molecular weight is 460 g/mol. The van der Waals surface area contributed by atoms with Crippen molar-refractivity contribution in [3.8, 4) is 0 Å². The molecule has 2 aromatic rings. The van der Waals surface area contributed by atoms with Crippen LogP contribution in [0.2, 0.25) is 0 Å². The number of nitrogens with one attached hydrogen (secondary N) is 1. The van der Waals surface area contributed by atoms with Crippen LogP contribution in [-0.2, 0) is 6.42 Å². The van der Waals surface area contributed by atoms with E-state index >= 15 is 0 Å². The van der Waals surface area contributed by atoms with Crippen molar-refractivity contribution < 1.29 is 0 Å². The van der Waals surface area contributed by atoms with Crippen LogP contribution in [-0.4, -0.2) is 7.05 Å². The molecule has 17 heavy (non-hydrogen) atoms. The van der Waals surface area contributed by atoms with Gasteiger partial charge in [-0.25, -0.2) is 0 Å². The lowest BCUT2D eigenvalue weighted by molar-refractivity contribution is 0.595. The standard InChI is InChI=1S/C11H10Br3NS2/c1-15-8(5-9-7(12)2-3-16-9)6-4-10(13)17-11(6)14/h2-4,8,15H,5H2,1H3. The minimum absolute atomic E-state index is 0.335. The molecule has 0 saturated heterocycles. The van der Waals surface area contributed by atoms with Gasteiger partial charge in [-0.05, 0) is 77.9 Å². The largest absolute Gasteiger partial charge is 0.313 e. The molecule has 0 radical (unpaired) electrons. The highest BCUT2D eigenvalue weighted by Gasteiger charge is 2.17. The number of hydrogen-bond acceptors (Lipinski definition) is 3. The smallest absolute Gasteiger partial charge is 0.0758 e. The first-order valence-electron chi connectivity index (χ1n) is 4.95. The van der Waals surface area contributed by atoms with Crippen molar-refractivity contribution in [3.63, 3.8) is 0 Å². The first-order valence-corrected chi connectivity index (χ1v) is 9.03. The Labute approximate surface area is 134 Å². The summed E-state index contributed by atoms with van der Waals surface area (Å²) in [4.78, 5) is 1.37. The Morgan fingerprint density at radius 2 is 2.12 bits per heavy atom. The summed E-state index contributed by atoms with van der Waals surface area (Å²) in [7, 11) is 2.00. The maximum atomic E-state index is 3.62. The average Bonchev–Trinajstić information content (AvgIpc) is 2.82. The lowest BCUT2D eigenvalue weighted by Crippen LogP contribution is -2.18. The molecule has 0 saturated carbocycles. The molecule has 2 aromatic heterocycles. The van der Waals surface area contributed by atoms with Crippen LogP contribution in [0.15, 0.2) is 29.6 Å². The van der Waals surface area contributed by atoms with E-state index in [2.05, 4.69) is 70.6 Å². The van der Waals surface area contributed by atoms with Crippen LogP contribution in [0.5, 0.6) is 0 Å². The topological polar surface area (TPSA) is 12.0 Å². The summed E-state index contributed by atoms with van der Waals surface area (Å²) in [6, 6.07) is 4.62. The zero-order valence-electron chi connectivity index (χ0n) is 8.97. The highest BCUT2D eigenvalue weighted by atomic mass is 79.9. The van der Waals surface area contributed by atoms with Crippen LogP contribution in [0.25, 0.3) is 0 Å². The van der Waals surface area contributed by atoms with Crippen molar-refractivity contribution in [2.75, 3.05) is 7.05 Å². The van der Waals surface area contributed by atoms with E-state index in [1.165, 1.54) is 18.7 Å². The highest BCUT2D eigenvalue weighted by molar-refractivity contribution is 9.12. The third-order valence-electron chi connectivity index (χ3n) is 2.49. The van der Waals surface area contributed by atoms with E-state index in [1.54, 1.807) is 22.7 Å². The van der Waals surface area contributed by atoms with Crippen LogP contribution in [0.4, 0.5) is 0 Å². The van der Waals surface area contributed by atoms with Gasteiger partial charge in [0.1, 0.15) is 0 Å². The molecule has 0 amide bonds. The quantitative estimate of drug-likeness (QED) is 0.627. The number of thiophene rings is 2. The Morgan fingerprint density at radius 3 is 2.59 bits per heavy atom. The van der Waals surface area contributed by atoms with Crippen LogP contribution in [0.1, 0.15) is 16.5 Å². The molecule has 6 heteroatoms. The fourth-order valence-corrected chi connectivity index (χ4v) is 6.15. The summed E-state index contributed by atoms with van der Waals surface area (Å²) in [5.74, 6) is 0. The Balaban J connectivity index is 2.23. The van der Waals surface area contributed by atoms with Crippen molar-refractivity contribution in [1.29, 1.82) is 0 Å². The van der Waals surface area contributed by atoms with Gasteiger partial charge in [-0.3, -0.25) is 0 Å². The predicted octanol–water partition coefficient (Wildman–Crippen LogP) is 5.60. The molecular formula is C11H10Br3NS2. The van der Waals surface area contributed by atoms with Crippen molar-refractivity contribution >= 4 is 70.5 Å². The highest BCUT2D eigenvalue weighted by Crippen LogP contribution is 2.37. The normalized spacial score (nSPS) is 12.9. The van der Waals surface area contributed by atoms with E-state index in [9.17, 15) is 0 Å². The molecular weight excluding hydrogens is 450 g/mol. The SMILES string of the molecule is CNC(Cc1sccc1Br)c1cc(Br)sc1Br. The molecule has 0 fully saturated rings. The molecule has 92 valence electrons. The molecule has 2 rings (SSSR count). The minimum Gasteiger partial charge on any atom is -0.313 e. The monoisotopic (exact) mass is 457 g/mol. The molecule has 2 heterocycles. The first-order chi connectivity index (χ1) is 8.11. The van der Waals surface area contributed by atoms with Gasteiger partial charge in [-0.15, -0.1) is 22.7 Å². The van der Waals surface area contributed by atoms with Gasteiger partial charge in [-0.1, -0.05) is 0 Å². The van der Waals surface area contributed by atoms with Crippen LogP contribution >= 0.6 is 70.5 Å². The predicted molar refractivity (Wildman–Crippen MR) is 87.2 cm³/mol. The Morgan fingerprint density at radius 1 is 1.35 bits per heavy atom. The van der Waals surface area contributed by atoms with Gasteiger partial charge in [0, 0.05) is 21.8 Å². The molecule has 1 nitrogen and oxygen atoms in total. The van der Waals surface area contributed by atoms with Crippen molar-refractivity contribution in [3.05, 3.63) is 40.0 Å². The second-order valence-electron chi connectivity index (χ2n) is 3.52. The third kappa shape index (κ3) is 3.42. The molecule has 0 spiro atoms. The number of hydrogen-bond donors (Lipinski definition) is 1. The molecule has 0 bridgehead atoms. The lowest BCUT2D eigenvalue weighted by Gasteiger charge is -2.15. The van der Waals surface area contributed by atoms with Gasteiger partial charge < -0.3 is 5.32 Å². The Kier molecular flexibility index (Phi) is 5.27. The zero-order chi connectivity index (χ0) is 12.4. The van der Waals surface area contributed by atoms with E-state index in [4.69, 9.17) is 0 Å². The van der Waals surface area contributed by atoms with E-state index < -0.39 is 0 Å². The van der Waals surface area contributed by atoms with E-state index in [0.717, 1.165) is 10.2 Å². The minimum atomic E-state index is 0.335. The van der Waals surface area contributed by atoms with E-state index in [1.807, 2.05) is 7.05 Å². The number of rotatable bonds is 4. The molecule has 0 aromatic carbocycles. The first kappa shape index (κ1) is 14.2. The third-order valence-corrected chi connectivity index (χ3v) is 6.82. The van der Waals surface area contributed by atoms with Crippen molar-refractivity contribution in [1.82, 2.24) is 5.32 Å². The summed E-state index contributed by atoms with van der Waals surface area (Å²) in [5.41, 5.74) is 1.31. The fraction of sp³-hybridized carbons (Fsp3) is 0.273. The Hall–Kier alpha value is 0.800. The maximum Gasteiger partial charge on any atom is 0.0758 e. The second-order valence-corrected chi connectivity index (χ2v) is 9.12. The lowest BCUT2D eigenvalue weighted by atomic mass is 10.1. The van der Waals surface area contributed by atoms with Crippen molar-refractivity contribution in [2.45, 2.75) is 12.5 Å². The van der Waals surface area contributed by atoms with Gasteiger partial charge in [0.05, 0.1) is 7.57 Å². The summed E-state index contributed by atoms with van der Waals surface area (Å²) in [5, 5.41) is 5.50. The summed E-state index contributed by atoms with van der Waals surface area (Å²) in [6.07, 6.45) is 0.997. The van der Waals surface area contributed by atoms with Crippen LogP contribution in [0, 0.1) is 0 Å². The summed E-state index contributed by atoms with van der Waals surface area (Å²) >= 11 is 14.2. The molecule has 0 aliphatic carbocycles. The van der Waals surface area contributed by atoms with Crippen LogP contribution < -0.4 is 5.32 Å². The summed E-state index contributed by atoms with van der Waals surface area (Å²) in [6.45, 7) is 0. The van der Waals surface area contributed by atoms with E-state index in [0.29, 0.717) is 6.04 Å². The van der Waals surface area contributed by atoms with Gasteiger partial charge in [0.2, 0.25) is 0 Å². The molecule has 0 aliphatic heterocycles. The molecule has 1 unspecified atom stereocenters. The van der Waals surface area contributed by atoms with Crippen LogP contribution in [0.3, 0.4) is 0 Å². The molecule has 1 atom stereocenters.